The highest BCUT2D eigenvalue weighted by Gasteiger charge is 2.09. The van der Waals surface area contributed by atoms with E-state index in [0.717, 1.165) is 16.3 Å². The summed E-state index contributed by atoms with van der Waals surface area (Å²) in [5, 5.41) is 2.11. The highest BCUT2D eigenvalue weighted by molar-refractivity contribution is 5.96. The van der Waals surface area contributed by atoms with Gasteiger partial charge in [0.1, 0.15) is 5.75 Å². The average Bonchev–Trinajstić information content (AvgIpc) is 2.66. The number of ether oxygens (including phenoxy) is 1. The highest BCUT2D eigenvalue weighted by Crippen LogP contribution is 2.18. The molecule has 0 heterocycles. The number of carbonyl (C=O) groups is 2. The van der Waals surface area contributed by atoms with Crippen molar-refractivity contribution in [2.45, 2.75) is 6.42 Å². The monoisotopic (exact) mass is 334 g/mol. The first kappa shape index (κ1) is 16.5. The Morgan fingerprint density at radius 1 is 0.880 bits per heavy atom. The van der Waals surface area contributed by atoms with E-state index >= 15 is 0 Å². The van der Waals surface area contributed by atoms with Gasteiger partial charge in [0.2, 0.25) is 5.91 Å². The predicted molar refractivity (Wildman–Crippen MR) is 96.3 cm³/mol. The number of carbonyl (C=O) groups excluding carboxylic acids is 2. The fourth-order valence-corrected chi connectivity index (χ4v) is 2.60. The van der Waals surface area contributed by atoms with Gasteiger partial charge in [-0.1, -0.05) is 42.5 Å². The third-order valence-electron chi connectivity index (χ3n) is 3.90. The van der Waals surface area contributed by atoms with Crippen molar-refractivity contribution >= 4 is 22.6 Å². The van der Waals surface area contributed by atoms with Gasteiger partial charge in [0, 0.05) is 5.56 Å². The molecule has 0 saturated carbocycles. The molecule has 2 amide bonds. The minimum Gasteiger partial charge on any atom is -0.497 e. The summed E-state index contributed by atoms with van der Waals surface area (Å²) in [6, 6.07) is 20.3. The molecule has 3 aromatic rings. The summed E-state index contributed by atoms with van der Waals surface area (Å²) in [6.07, 6.45) is 0.185. The van der Waals surface area contributed by atoms with Gasteiger partial charge >= 0.3 is 0 Å². The van der Waals surface area contributed by atoms with Crippen LogP contribution in [-0.2, 0) is 11.2 Å². The number of benzene rings is 3. The van der Waals surface area contributed by atoms with Crippen LogP contribution >= 0.6 is 0 Å². The standard InChI is InChI=1S/C20H18N2O3/c1-25-17-11-9-15(10-12-17)20(24)22-21-19(23)13-16-7-4-6-14-5-2-3-8-18(14)16/h2-12H,13H2,1H3,(H,21,23)(H,22,24). The molecule has 0 bridgehead atoms. The number of hydrogen-bond acceptors (Lipinski definition) is 3. The molecule has 0 spiro atoms. The fraction of sp³-hybridized carbons (Fsp3) is 0.100. The summed E-state index contributed by atoms with van der Waals surface area (Å²) in [5.74, 6) is 0.00341. The number of nitrogens with one attached hydrogen (secondary N) is 2. The molecule has 25 heavy (non-hydrogen) atoms. The molecule has 0 aliphatic heterocycles. The second kappa shape index (κ2) is 7.49. The lowest BCUT2D eigenvalue weighted by Crippen LogP contribution is -2.42. The van der Waals surface area contributed by atoms with Crippen LogP contribution in [-0.4, -0.2) is 18.9 Å². The van der Waals surface area contributed by atoms with E-state index in [2.05, 4.69) is 10.9 Å². The summed E-state index contributed by atoms with van der Waals surface area (Å²) in [4.78, 5) is 24.2. The third-order valence-corrected chi connectivity index (χ3v) is 3.90. The van der Waals surface area contributed by atoms with E-state index in [0.29, 0.717) is 11.3 Å². The van der Waals surface area contributed by atoms with Gasteiger partial charge in [-0.2, -0.15) is 0 Å². The number of rotatable bonds is 4. The molecular weight excluding hydrogens is 316 g/mol. The van der Waals surface area contributed by atoms with E-state index in [4.69, 9.17) is 4.74 Å². The van der Waals surface area contributed by atoms with Crippen LogP contribution in [0.2, 0.25) is 0 Å². The van der Waals surface area contributed by atoms with E-state index in [1.807, 2.05) is 42.5 Å². The van der Waals surface area contributed by atoms with Gasteiger partial charge in [-0.25, -0.2) is 0 Å². The molecule has 0 saturated heterocycles. The van der Waals surface area contributed by atoms with Crippen molar-refractivity contribution in [2.24, 2.45) is 0 Å². The molecule has 0 atom stereocenters. The van der Waals surface area contributed by atoms with Crippen LogP contribution in [0.1, 0.15) is 15.9 Å². The summed E-state index contributed by atoms with van der Waals surface area (Å²) in [7, 11) is 1.56. The first-order valence-corrected chi connectivity index (χ1v) is 7.87. The second-order valence-corrected chi connectivity index (χ2v) is 5.55. The van der Waals surface area contributed by atoms with Crippen molar-refractivity contribution in [3.8, 4) is 5.75 Å². The van der Waals surface area contributed by atoms with Crippen LogP contribution in [0.3, 0.4) is 0 Å². The van der Waals surface area contributed by atoms with Crippen molar-refractivity contribution in [1.82, 2.24) is 10.9 Å². The van der Waals surface area contributed by atoms with E-state index in [1.54, 1.807) is 31.4 Å². The van der Waals surface area contributed by atoms with Gasteiger partial charge in [0.05, 0.1) is 13.5 Å². The van der Waals surface area contributed by atoms with Crippen LogP contribution in [0.25, 0.3) is 10.8 Å². The Bertz CT molecular complexity index is 899. The maximum atomic E-state index is 12.1. The molecule has 0 aromatic heterocycles. The van der Waals surface area contributed by atoms with Gasteiger partial charge in [-0.15, -0.1) is 0 Å². The van der Waals surface area contributed by atoms with Gasteiger partial charge in [-0.3, -0.25) is 20.4 Å². The lowest BCUT2D eigenvalue weighted by atomic mass is 10.0. The van der Waals surface area contributed by atoms with Crippen molar-refractivity contribution in [1.29, 1.82) is 0 Å². The van der Waals surface area contributed by atoms with E-state index in [9.17, 15) is 9.59 Å². The molecule has 0 aliphatic rings. The smallest absolute Gasteiger partial charge is 0.269 e. The zero-order chi connectivity index (χ0) is 17.6. The van der Waals surface area contributed by atoms with Crippen LogP contribution in [0, 0.1) is 0 Å². The molecule has 0 unspecified atom stereocenters. The minimum absolute atomic E-state index is 0.185. The zero-order valence-corrected chi connectivity index (χ0v) is 13.8. The average molecular weight is 334 g/mol. The predicted octanol–water partition coefficient (Wildman–Crippen LogP) is 2.85. The van der Waals surface area contributed by atoms with Crippen molar-refractivity contribution in [3.05, 3.63) is 77.9 Å². The van der Waals surface area contributed by atoms with Crippen LogP contribution in [0.5, 0.6) is 5.75 Å². The highest BCUT2D eigenvalue weighted by atomic mass is 16.5. The molecule has 2 N–H and O–H groups in total. The Morgan fingerprint density at radius 2 is 1.60 bits per heavy atom. The Morgan fingerprint density at radius 3 is 2.36 bits per heavy atom. The number of fused-ring (bicyclic) bond motifs is 1. The number of hydrazine groups is 1. The Kier molecular flexibility index (Phi) is 4.95. The van der Waals surface area contributed by atoms with Crippen LogP contribution in [0.15, 0.2) is 66.7 Å². The summed E-state index contributed by atoms with van der Waals surface area (Å²) in [6.45, 7) is 0. The molecule has 0 fully saturated rings. The molecule has 0 radical (unpaired) electrons. The fourth-order valence-electron chi connectivity index (χ4n) is 2.60. The van der Waals surface area contributed by atoms with Crippen molar-refractivity contribution in [3.63, 3.8) is 0 Å². The number of methoxy groups -OCH3 is 1. The van der Waals surface area contributed by atoms with E-state index in [1.165, 1.54) is 0 Å². The molecule has 126 valence electrons. The zero-order valence-electron chi connectivity index (χ0n) is 13.8. The van der Waals surface area contributed by atoms with Crippen molar-refractivity contribution < 1.29 is 14.3 Å². The summed E-state index contributed by atoms with van der Waals surface area (Å²) < 4.78 is 5.05. The van der Waals surface area contributed by atoms with Gasteiger partial charge in [0.25, 0.3) is 5.91 Å². The topological polar surface area (TPSA) is 67.4 Å². The summed E-state index contributed by atoms with van der Waals surface area (Å²) >= 11 is 0. The van der Waals surface area contributed by atoms with Gasteiger partial charge in [0.15, 0.2) is 0 Å². The molecule has 0 aliphatic carbocycles. The molecule has 3 rings (SSSR count). The molecule has 3 aromatic carbocycles. The van der Waals surface area contributed by atoms with E-state index < -0.39 is 0 Å². The normalized spacial score (nSPS) is 10.3. The maximum Gasteiger partial charge on any atom is 0.269 e. The molecule has 5 heteroatoms. The van der Waals surface area contributed by atoms with Gasteiger partial charge in [-0.05, 0) is 40.6 Å². The molecule has 5 nitrogen and oxygen atoms in total. The number of hydrogen-bond donors (Lipinski definition) is 2. The number of amides is 2. The van der Waals surface area contributed by atoms with Crippen LogP contribution < -0.4 is 15.6 Å². The largest absolute Gasteiger partial charge is 0.497 e. The summed E-state index contributed by atoms with van der Waals surface area (Å²) in [5.41, 5.74) is 6.23. The van der Waals surface area contributed by atoms with E-state index in [-0.39, 0.29) is 18.2 Å². The van der Waals surface area contributed by atoms with Crippen LogP contribution in [0.4, 0.5) is 0 Å². The minimum atomic E-state index is -0.381. The SMILES string of the molecule is COc1ccc(C(=O)NNC(=O)Cc2cccc3ccccc23)cc1. The Hall–Kier alpha value is -3.34. The van der Waals surface area contributed by atoms with Crippen molar-refractivity contribution in [2.75, 3.05) is 7.11 Å². The first-order valence-electron chi connectivity index (χ1n) is 7.87. The maximum absolute atomic E-state index is 12.1. The Balaban J connectivity index is 1.61. The quantitative estimate of drug-likeness (QED) is 0.721. The third kappa shape index (κ3) is 3.95. The second-order valence-electron chi connectivity index (χ2n) is 5.55. The van der Waals surface area contributed by atoms with Gasteiger partial charge < -0.3 is 4.74 Å². The Labute approximate surface area is 145 Å². The lowest BCUT2D eigenvalue weighted by molar-refractivity contribution is -0.121. The molecular formula is C20H18N2O3. The first-order chi connectivity index (χ1) is 12.2. The lowest BCUT2D eigenvalue weighted by Gasteiger charge is -2.09.